The molecule has 92 valence electrons. The Kier molecular flexibility index (Phi) is 3.67. The Morgan fingerprint density at radius 1 is 1.29 bits per heavy atom. The Bertz CT molecular complexity index is 377. The van der Waals surface area contributed by atoms with Crippen LogP contribution in [0.2, 0.25) is 0 Å². The monoisotopic (exact) mass is 234 g/mol. The van der Waals surface area contributed by atoms with E-state index in [1.807, 2.05) is 24.3 Å². The number of carboxylic acids is 1. The molecule has 1 atom stereocenters. The van der Waals surface area contributed by atoms with E-state index < -0.39 is 5.97 Å². The van der Waals surface area contributed by atoms with Crippen molar-refractivity contribution in [3.63, 3.8) is 0 Å². The van der Waals surface area contributed by atoms with E-state index in [9.17, 15) is 9.90 Å². The first-order chi connectivity index (χ1) is 8.22. The summed E-state index contributed by atoms with van der Waals surface area (Å²) in [6.07, 6.45) is 4.38. The van der Waals surface area contributed by atoms with Gasteiger partial charge in [0.15, 0.2) is 0 Å². The van der Waals surface area contributed by atoms with Crippen LogP contribution in [-0.2, 0) is 4.79 Å². The molecule has 1 aliphatic rings. The maximum atomic E-state index is 11.4. The SMILES string of the molecule is COc1ccc([C@@H](C(=O)O)C2CCCC2)cc1. The number of ether oxygens (including phenoxy) is 1. The van der Waals surface area contributed by atoms with Gasteiger partial charge in [0.1, 0.15) is 5.75 Å². The highest BCUT2D eigenvalue weighted by atomic mass is 16.5. The summed E-state index contributed by atoms with van der Waals surface area (Å²) in [5.41, 5.74) is 0.894. The van der Waals surface area contributed by atoms with E-state index >= 15 is 0 Å². The molecule has 3 nitrogen and oxygen atoms in total. The average molecular weight is 234 g/mol. The van der Waals surface area contributed by atoms with Crippen LogP contribution < -0.4 is 4.74 Å². The molecule has 1 aromatic rings. The lowest BCUT2D eigenvalue weighted by atomic mass is 9.85. The number of benzene rings is 1. The summed E-state index contributed by atoms with van der Waals surface area (Å²) in [4.78, 5) is 11.4. The third kappa shape index (κ3) is 2.60. The van der Waals surface area contributed by atoms with Crippen molar-refractivity contribution >= 4 is 5.97 Å². The maximum Gasteiger partial charge on any atom is 0.311 e. The summed E-state index contributed by atoms with van der Waals surface area (Å²) < 4.78 is 5.09. The molecule has 1 aromatic carbocycles. The first kappa shape index (κ1) is 12.0. The first-order valence-corrected chi connectivity index (χ1v) is 6.09. The van der Waals surface area contributed by atoms with Crippen LogP contribution >= 0.6 is 0 Å². The normalized spacial score (nSPS) is 17.9. The number of carbonyl (C=O) groups is 1. The smallest absolute Gasteiger partial charge is 0.311 e. The van der Waals surface area contributed by atoms with Crippen LogP contribution in [0, 0.1) is 5.92 Å². The van der Waals surface area contributed by atoms with Crippen molar-refractivity contribution in [3.8, 4) is 5.75 Å². The third-order valence-electron chi connectivity index (χ3n) is 3.61. The number of aliphatic carboxylic acids is 1. The molecule has 1 saturated carbocycles. The number of rotatable bonds is 4. The molecule has 17 heavy (non-hydrogen) atoms. The predicted molar refractivity (Wildman–Crippen MR) is 65.3 cm³/mol. The van der Waals surface area contributed by atoms with Crippen LogP contribution in [0.25, 0.3) is 0 Å². The van der Waals surface area contributed by atoms with Gasteiger partial charge in [-0.1, -0.05) is 25.0 Å². The molecule has 0 unspecified atom stereocenters. The summed E-state index contributed by atoms with van der Waals surface area (Å²) in [6, 6.07) is 7.41. The fourth-order valence-corrected chi connectivity index (χ4v) is 2.72. The van der Waals surface area contributed by atoms with Crippen LogP contribution in [-0.4, -0.2) is 18.2 Å². The average Bonchev–Trinajstić information content (AvgIpc) is 2.83. The molecule has 1 N–H and O–H groups in total. The maximum absolute atomic E-state index is 11.4. The molecule has 0 saturated heterocycles. The summed E-state index contributed by atoms with van der Waals surface area (Å²) in [5.74, 6) is -0.00400. The van der Waals surface area contributed by atoms with Gasteiger partial charge in [0.05, 0.1) is 13.0 Å². The van der Waals surface area contributed by atoms with Crippen molar-refractivity contribution in [1.29, 1.82) is 0 Å². The van der Waals surface area contributed by atoms with Crippen LogP contribution in [0.5, 0.6) is 5.75 Å². The molecule has 3 heteroatoms. The Hall–Kier alpha value is -1.51. The molecule has 0 radical (unpaired) electrons. The van der Waals surface area contributed by atoms with Gasteiger partial charge in [0.2, 0.25) is 0 Å². The van der Waals surface area contributed by atoms with Gasteiger partial charge < -0.3 is 9.84 Å². The number of methoxy groups -OCH3 is 1. The molecule has 0 spiro atoms. The van der Waals surface area contributed by atoms with Crippen molar-refractivity contribution in [2.24, 2.45) is 5.92 Å². The molecule has 1 fully saturated rings. The van der Waals surface area contributed by atoms with Gasteiger partial charge in [-0.25, -0.2) is 0 Å². The second-order valence-corrected chi connectivity index (χ2v) is 4.63. The second-order valence-electron chi connectivity index (χ2n) is 4.63. The lowest BCUT2D eigenvalue weighted by Gasteiger charge is -2.19. The van der Waals surface area contributed by atoms with E-state index in [1.54, 1.807) is 7.11 Å². The molecule has 1 aliphatic carbocycles. The number of carboxylic acid groups (broad SMARTS) is 1. The Morgan fingerprint density at radius 2 is 1.88 bits per heavy atom. The second kappa shape index (κ2) is 5.21. The molecule has 0 amide bonds. The first-order valence-electron chi connectivity index (χ1n) is 6.09. The molecular weight excluding hydrogens is 216 g/mol. The summed E-state index contributed by atoms with van der Waals surface area (Å²) in [5, 5.41) is 9.38. The highest BCUT2D eigenvalue weighted by Crippen LogP contribution is 2.37. The van der Waals surface area contributed by atoms with Crippen LogP contribution in [0.15, 0.2) is 24.3 Å². The molecular formula is C14H18O3. The highest BCUT2D eigenvalue weighted by Gasteiger charge is 2.31. The van der Waals surface area contributed by atoms with E-state index in [1.165, 1.54) is 0 Å². The van der Waals surface area contributed by atoms with Crippen LogP contribution in [0.4, 0.5) is 0 Å². The lowest BCUT2D eigenvalue weighted by molar-refractivity contribution is -0.140. The van der Waals surface area contributed by atoms with Gasteiger partial charge in [0.25, 0.3) is 0 Å². The summed E-state index contributed by atoms with van der Waals surface area (Å²) in [6.45, 7) is 0. The standard InChI is InChI=1S/C14H18O3/c1-17-12-8-6-11(7-9-12)13(14(15)16)10-4-2-3-5-10/h6-10,13H,2-5H2,1H3,(H,15,16)/t13-/m0/s1. The van der Waals surface area contributed by atoms with Crippen molar-refractivity contribution in [1.82, 2.24) is 0 Å². The van der Waals surface area contributed by atoms with Crippen molar-refractivity contribution in [2.45, 2.75) is 31.6 Å². The van der Waals surface area contributed by atoms with Crippen LogP contribution in [0.1, 0.15) is 37.2 Å². The van der Waals surface area contributed by atoms with Gasteiger partial charge in [-0.3, -0.25) is 4.79 Å². The van der Waals surface area contributed by atoms with Crippen molar-refractivity contribution in [2.75, 3.05) is 7.11 Å². The fraction of sp³-hybridized carbons (Fsp3) is 0.500. The van der Waals surface area contributed by atoms with Gasteiger partial charge in [-0.05, 0) is 36.5 Å². The molecule has 0 aliphatic heterocycles. The molecule has 0 bridgehead atoms. The highest BCUT2D eigenvalue weighted by molar-refractivity contribution is 5.76. The third-order valence-corrected chi connectivity index (χ3v) is 3.61. The van der Waals surface area contributed by atoms with Gasteiger partial charge in [0, 0.05) is 0 Å². The van der Waals surface area contributed by atoms with Crippen LogP contribution in [0.3, 0.4) is 0 Å². The topological polar surface area (TPSA) is 46.5 Å². The van der Waals surface area contributed by atoms with Gasteiger partial charge in [-0.2, -0.15) is 0 Å². The zero-order valence-corrected chi connectivity index (χ0v) is 10.1. The minimum absolute atomic E-state index is 0.292. The summed E-state index contributed by atoms with van der Waals surface area (Å²) in [7, 11) is 1.61. The van der Waals surface area contributed by atoms with Gasteiger partial charge >= 0.3 is 5.97 Å². The summed E-state index contributed by atoms with van der Waals surface area (Å²) >= 11 is 0. The van der Waals surface area contributed by atoms with Crippen molar-refractivity contribution in [3.05, 3.63) is 29.8 Å². The number of hydrogen-bond acceptors (Lipinski definition) is 2. The largest absolute Gasteiger partial charge is 0.497 e. The predicted octanol–water partition coefficient (Wildman–Crippen LogP) is 3.05. The Morgan fingerprint density at radius 3 is 2.35 bits per heavy atom. The minimum atomic E-state index is -0.706. The quantitative estimate of drug-likeness (QED) is 0.871. The molecule has 0 aromatic heterocycles. The van der Waals surface area contributed by atoms with Crippen molar-refractivity contribution < 1.29 is 14.6 Å². The molecule has 2 rings (SSSR count). The molecule has 0 heterocycles. The Balaban J connectivity index is 2.22. The fourth-order valence-electron chi connectivity index (χ4n) is 2.72. The van der Waals surface area contributed by atoms with E-state index in [2.05, 4.69) is 0 Å². The van der Waals surface area contributed by atoms with Gasteiger partial charge in [-0.15, -0.1) is 0 Å². The minimum Gasteiger partial charge on any atom is -0.497 e. The number of hydrogen-bond donors (Lipinski definition) is 1. The zero-order chi connectivity index (χ0) is 12.3. The van der Waals surface area contributed by atoms with E-state index in [-0.39, 0.29) is 5.92 Å². The van der Waals surface area contributed by atoms with E-state index in [0.29, 0.717) is 5.92 Å². The van der Waals surface area contributed by atoms with E-state index in [4.69, 9.17) is 4.74 Å². The van der Waals surface area contributed by atoms with E-state index in [0.717, 1.165) is 37.0 Å². The zero-order valence-electron chi connectivity index (χ0n) is 10.1. The lowest BCUT2D eigenvalue weighted by Crippen LogP contribution is -2.19. The Labute approximate surface area is 101 Å².